The molecule has 0 spiro atoms. The van der Waals surface area contributed by atoms with E-state index in [0.29, 0.717) is 25.4 Å². The lowest BCUT2D eigenvalue weighted by molar-refractivity contribution is 0.326. The fourth-order valence-corrected chi connectivity index (χ4v) is 3.66. The lowest BCUT2D eigenvalue weighted by atomic mass is 10.2. The average molecular weight is 286 g/mol. The summed E-state index contributed by atoms with van der Waals surface area (Å²) in [5.74, 6) is 0.670. The van der Waals surface area contributed by atoms with Crippen molar-refractivity contribution in [2.24, 2.45) is 0 Å². The summed E-state index contributed by atoms with van der Waals surface area (Å²) in [7, 11) is -3.43. The van der Waals surface area contributed by atoms with Crippen molar-refractivity contribution in [3.8, 4) is 0 Å². The van der Waals surface area contributed by atoms with Crippen molar-refractivity contribution < 1.29 is 12.8 Å². The van der Waals surface area contributed by atoms with Crippen LogP contribution in [0.5, 0.6) is 0 Å². The smallest absolute Gasteiger partial charge is 0.276 e. The first-order chi connectivity index (χ1) is 9.14. The van der Waals surface area contributed by atoms with Gasteiger partial charge in [-0.3, -0.25) is 0 Å². The maximum absolute atomic E-state index is 12.3. The normalized spacial score (nSPS) is 17.7. The molecule has 0 radical (unpaired) electrons. The van der Waals surface area contributed by atoms with Crippen molar-refractivity contribution >= 4 is 10.0 Å². The third-order valence-electron chi connectivity index (χ3n) is 3.27. The van der Waals surface area contributed by atoms with Crippen LogP contribution in [0.2, 0.25) is 0 Å². The van der Waals surface area contributed by atoms with Crippen LogP contribution in [0.3, 0.4) is 0 Å². The summed E-state index contributed by atoms with van der Waals surface area (Å²) in [6, 6.07) is 3.30. The van der Waals surface area contributed by atoms with Crippen molar-refractivity contribution in [3.05, 3.63) is 17.9 Å². The molecular formula is C13H22N2O3S. The number of furan rings is 1. The van der Waals surface area contributed by atoms with Gasteiger partial charge in [0.25, 0.3) is 10.0 Å². The van der Waals surface area contributed by atoms with Gasteiger partial charge >= 0.3 is 0 Å². The minimum absolute atomic E-state index is 0.0719. The van der Waals surface area contributed by atoms with E-state index in [1.807, 2.05) is 0 Å². The molecule has 0 aromatic carbocycles. The van der Waals surface area contributed by atoms with E-state index in [2.05, 4.69) is 12.2 Å². The molecule has 5 nitrogen and oxygen atoms in total. The molecule has 1 aliphatic rings. The summed E-state index contributed by atoms with van der Waals surface area (Å²) >= 11 is 0. The molecule has 108 valence electrons. The van der Waals surface area contributed by atoms with Crippen LogP contribution in [0.1, 0.15) is 38.4 Å². The van der Waals surface area contributed by atoms with Crippen molar-refractivity contribution in [1.82, 2.24) is 9.62 Å². The Bertz CT molecular complexity index is 490. The summed E-state index contributed by atoms with van der Waals surface area (Å²) in [6.45, 7) is 4.76. The fourth-order valence-electron chi connectivity index (χ4n) is 2.21. The minimum Gasteiger partial charge on any atom is -0.447 e. The zero-order valence-corrected chi connectivity index (χ0v) is 12.2. The van der Waals surface area contributed by atoms with E-state index in [4.69, 9.17) is 4.42 Å². The maximum Gasteiger partial charge on any atom is 0.276 e. The van der Waals surface area contributed by atoms with Crippen LogP contribution < -0.4 is 5.32 Å². The lowest BCUT2D eigenvalue weighted by Crippen LogP contribution is -2.35. The summed E-state index contributed by atoms with van der Waals surface area (Å²) < 4.78 is 31.7. The molecule has 1 aliphatic heterocycles. The first-order valence-corrected chi connectivity index (χ1v) is 8.38. The van der Waals surface area contributed by atoms with Gasteiger partial charge in [0.1, 0.15) is 5.76 Å². The van der Waals surface area contributed by atoms with Crippen LogP contribution in [-0.2, 0) is 16.6 Å². The second-order valence-corrected chi connectivity index (χ2v) is 6.73. The summed E-state index contributed by atoms with van der Waals surface area (Å²) in [5.41, 5.74) is 0. The Morgan fingerprint density at radius 1 is 1.26 bits per heavy atom. The molecule has 2 rings (SSSR count). The highest BCUT2D eigenvalue weighted by Crippen LogP contribution is 2.22. The maximum atomic E-state index is 12.3. The van der Waals surface area contributed by atoms with Crippen LogP contribution >= 0.6 is 0 Å². The molecule has 1 aromatic heterocycles. The van der Waals surface area contributed by atoms with Crippen LogP contribution in [0.25, 0.3) is 0 Å². The SMILES string of the molecule is CCCNCc1ccc(S(=O)(=O)N2CCCCC2)o1. The molecular weight excluding hydrogens is 264 g/mol. The van der Waals surface area contributed by atoms with Crippen molar-refractivity contribution in [3.63, 3.8) is 0 Å². The Labute approximate surface area is 115 Å². The molecule has 1 N–H and O–H groups in total. The van der Waals surface area contributed by atoms with Gasteiger partial charge < -0.3 is 9.73 Å². The van der Waals surface area contributed by atoms with Gasteiger partial charge in [-0.1, -0.05) is 13.3 Å². The number of hydrogen-bond donors (Lipinski definition) is 1. The standard InChI is InChI=1S/C13H22N2O3S/c1-2-8-14-11-12-6-7-13(18-12)19(16,17)15-9-4-3-5-10-15/h6-7,14H,2-5,8-11H2,1H3. The zero-order chi connectivity index (χ0) is 13.7. The van der Waals surface area contributed by atoms with E-state index in [1.165, 1.54) is 4.31 Å². The number of nitrogens with zero attached hydrogens (tertiary/aromatic N) is 1. The molecule has 1 saturated heterocycles. The van der Waals surface area contributed by atoms with Crippen LogP contribution in [0.15, 0.2) is 21.6 Å². The number of rotatable bonds is 6. The zero-order valence-electron chi connectivity index (χ0n) is 11.4. The Kier molecular flexibility index (Phi) is 5.01. The second-order valence-electron chi connectivity index (χ2n) is 4.86. The lowest BCUT2D eigenvalue weighted by Gasteiger charge is -2.24. The summed E-state index contributed by atoms with van der Waals surface area (Å²) in [5, 5.41) is 3.27. The average Bonchev–Trinajstić information content (AvgIpc) is 2.90. The molecule has 2 heterocycles. The third kappa shape index (κ3) is 3.58. The largest absolute Gasteiger partial charge is 0.447 e. The van der Waals surface area contributed by atoms with Crippen LogP contribution in [0, 0.1) is 0 Å². The first-order valence-electron chi connectivity index (χ1n) is 6.94. The van der Waals surface area contributed by atoms with Crippen LogP contribution in [-0.4, -0.2) is 32.4 Å². The van der Waals surface area contributed by atoms with Gasteiger partial charge in [-0.15, -0.1) is 0 Å². The minimum atomic E-state index is -3.43. The Balaban J connectivity index is 2.03. The molecule has 0 unspecified atom stereocenters. The van der Waals surface area contributed by atoms with E-state index >= 15 is 0 Å². The van der Waals surface area contributed by atoms with E-state index in [-0.39, 0.29) is 5.09 Å². The van der Waals surface area contributed by atoms with Gasteiger partial charge in [-0.2, -0.15) is 4.31 Å². The van der Waals surface area contributed by atoms with Crippen molar-refractivity contribution in [2.75, 3.05) is 19.6 Å². The fraction of sp³-hybridized carbons (Fsp3) is 0.692. The highest BCUT2D eigenvalue weighted by molar-refractivity contribution is 7.89. The van der Waals surface area contributed by atoms with E-state index in [0.717, 1.165) is 32.2 Å². The monoisotopic (exact) mass is 286 g/mol. The molecule has 0 amide bonds. The number of piperidine rings is 1. The summed E-state index contributed by atoms with van der Waals surface area (Å²) in [4.78, 5) is 0. The van der Waals surface area contributed by atoms with E-state index < -0.39 is 10.0 Å². The Hall–Kier alpha value is -0.850. The Morgan fingerprint density at radius 3 is 2.68 bits per heavy atom. The highest BCUT2D eigenvalue weighted by Gasteiger charge is 2.28. The molecule has 1 aromatic rings. The predicted octanol–water partition coefficient (Wildman–Crippen LogP) is 1.95. The van der Waals surface area contributed by atoms with Gasteiger partial charge in [0.2, 0.25) is 5.09 Å². The third-order valence-corrected chi connectivity index (χ3v) is 5.05. The highest BCUT2D eigenvalue weighted by atomic mass is 32.2. The van der Waals surface area contributed by atoms with Gasteiger partial charge in [0, 0.05) is 13.1 Å². The predicted molar refractivity (Wildman–Crippen MR) is 73.3 cm³/mol. The topological polar surface area (TPSA) is 62.6 Å². The molecule has 6 heteroatoms. The second kappa shape index (κ2) is 6.54. The summed E-state index contributed by atoms with van der Waals surface area (Å²) in [6.07, 6.45) is 4.02. The molecule has 0 atom stereocenters. The van der Waals surface area contributed by atoms with Gasteiger partial charge in [-0.05, 0) is 37.9 Å². The molecule has 0 bridgehead atoms. The quantitative estimate of drug-likeness (QED) is 0.812. The van der Waals surface area contributed by atoms with Crippen molar-refractivity contribution in [1.29, 1.82) is 0 Å². The molecule has 19 heavy (non-hydrogen) atoms. The van der Waals surface area contributed by atoms with Gasteiger partial charge in [0.05, 0.1) is 6.54 Å². The van der Waals surface area contributed by atoms with Gasteiger partial charge in [-0.25, -0.2) is 8.42 Å². The Morgan fingerprint density at radius 2 is 2.00 bits per heavy atom. The van der Waals surface area contributed by atoms with Crippen LogP contribution in [0.4, 0.5) is 0 Å². The van der Waals surface area contributed by atoms with Crippen molar-refractivity contribution in [2.45, 2.75) is 44.2 Å². The first kappa shape index (κ1) is 14.6. The van der Waals surface area contributed by atoms with E-state index in [1.54, 1.807) is 12.1 Å². The van der Waals surface area contributed by atoms with Gasteiger partial charge in [0.15, 0.2) is 0 Å². The molecule has 1 fully saturated rings. The number of nitrogens with one attached hydrogen (secondary N) is 1. The number of hydrogen-bond acceptors (Lipinski definition) is 4. The molecule has 0 saturated carbocycles. The van der Waals surface area contributed by atoms with E-state index in [9.17, 15) is 8.42 Å². The number of sulfonamides is 1. The molecule has 0 aliphatic carbocycles.